The summed E-state index contributed by atoms with van der Waals surface area (Å²) in [5.41, 5.74) is 8.53. The van der Waals surface area contributed by atoms with Gasteiger partial charge < -0.3 is 15.2 Å². The van der Waals surface area contributed by atoms with Crippen molar-refractivity contribution in [3.63, 3.8) is 0 Å². The minimum absolute atomic E-state index is 0.618. The van der Waals surface area contributed by atoms with Gasteiger partial charge in [0.15, 0.2) is 5.75 Å². The van der Waals surface area contributed by atoms with E-state index >= 15 is 0 Å². The molecule has 0 saturated carbocycles. The van der Waals surface area contributed by atoms with Crippen molar-refractivity contribution in [2.75, 3.05) is 20.0 Å². The normalized spacial score (nSPS) is 10.3. The molecule has 0 atom stereocenters. The van der Waals surface area contributed by atoms with Gasteiger partial charge in [-0.15, -0.1) is 11.3 Å². The Morgan fingerprint density at radius 3 is 2.47 bits per heavy atom. The van der Waals surface area contributed by atoms with E-state index in [9.17, 15) is 0 Å². The van der Waals surface area contributed by atoms with Crippen LogP contribution in [0.1, 0.15) is 4.88 Å². The second-order valence-electron chi connectivity index (χ2n) is 3.71. The number of nitrogen functional groups attached to an aromatic ring is 1. The van der Waals surface area contributed by atoms with Crippen LogP contribution >= 0.6 is 11.3 Å². The molecule has 0 bridgehead atoms. The van der Waals surface area contributed by atoms with Crippen LogP contribution < -0.4 is 15.2 Å². The average molecular weight is 249 g/mol. The van der Waals surface area contributed by atoms with Gasteiger partial charge in [-0.3, -0.25) is 0 Å². The van der Waals surface area contributed by atoms with Gasteiger partial charge in [-0.05, 0) is 30.5 Å². The Labute approximate surface area is 105 Å². The zero-order chi connectivity index (χ0) is 12.4. The van der Waals surface area contributed by atoms with Crippen molar-refractivity contribution >= 4 is 17.0 Å². The summed E-state index contributed by atoms with van der Waals surface area (Å²) in [5, 5.41) is 2.08. The van der Waals surface area contributed by atoms with E-state index in [-0.39, 0.29) is 0 Å². The fourth-order valence-corrected chi connectivity index (χ4v) is 2.51. The van der Waals surface area contributed by atoms with Crippen LogP contribution in [0.3, 0.4) is 0 Å². The zero-order valence-corrected chi connectivity index (χ0v) is 10.9. The maximum Gasteiger partial charge on any atom is 0.153 e. The second kappa shape index (κ2) is 4.67. The number of aryl methyl sites for hydroxylation is 1. The fourth-order valence-electron chi connectivity index (χ4n) is 1.82. The van der Waals surface area contributed by atoms with Crippen LogP contribution in [-0.2, 0) is 0 Å². The summed E-state index contributed by atoms with van der Waals surface area (Å²) in [5.74, 6) is 1.44. The Hall–Kier alpha value is -1.68. The summed E-state index contributed by atoms with van der Waals surface area (Å²) in [6.07, 6.45) is 0. The van der Waals surface area contributed by atoms with Crippen LogP contribution in [0.25, 0.3) is 11.1 Å². The predicted octanol–water partition coefficient (Wildman–Crippen LogP) is 3.32. The second-order valence-corrected chi connectivity index (χ2v) is 4.83. The van der Waals surface area contributed by atoms with Crippen molar-refractivity contribution < 1.29 is 9.47 Å². The Morgan fingerprint density at radius 2 is 1.94 bits per heavy atom. The molecule has 2 N–H and O–H groups in total. The Kier molecular flexibility index (Phi) is 3.24. The van der Waals surface area contributed by atoms with E-state index in [0.29, 0.717) is 11.4 Å². The number of anilines is 1. The molecule has 0 spiro atoms. The number of hydrogen-bond donors (Lipinski definition) is 1. The summed E-state index contributed by atoms with van der Waals surface area (Å²) in [4.78, 5) is 1.24. The monoisotopic (exact) mass is 249 g/mol. The topological polar surface area (TPSA) is 44.5 Å². The van der Waals surface area contributed by atoms with Gasteiger partial charge in [0.1, 0.15) is 5.75 Å². The van der Waals surface area contributed by atoms with Gasteiger partial charge in [-0.25, -0.2) is 0 Å². The van der Waals surface area contributed by atoms with Crippen molar-refractivity contribution in [1.29, 1.82) is 0 Å². The van der Waals surface area contributed by atoms with E-state index < -0.39 is 0 Å². The molecule has 17 heavy (non-hydrogen) atoms. The van der Waals surface area contributed by atoms with Gasteiger partial charge in [0, 0.05) is 10.4 Å². The molecular formula is C13H15NO2S. The SMILES string of the molecule is COc1ccc(N)c(OC)c1-c1csc(C)c1. The molecular weight excluding hydrogens is 234 g/mol. The van der Waals surface area contributed by atoms with Gasteiger partial charge in [-0.1, -0.05) is 0 Å². The number of ether oxygens (including phenoxy) is 2. The number of nitrogens with two attached hydrogens (primary N) is 1. The predicted molar refractivity (Wildman–Crippen MR) is 72.0 cm³/mol. The fraction of sp³-hybridized carbons (Fsp3) is 0.231. The van der Waals surface area contributed by atoms with Gasteiger partial charge >= 0.3 is 0 Å². The molecule has 0 saturated heterocycles. The number of methoxy groups -OCH3 is 2. The van der Waals surface area contributed by atoms with Gasteiger partial charge in [-0.2, -0.15) is 0 Å². The third kappa shape index (κ3) is 2.08. The van der Waals surface area contributed by atoms with E-state index in [4.69, 9.17) is 15.2 Å². The highest BCUT2D eigenvalue weighted by atomic mass is 32.1. The minimum Gasteiger partial charge on any atom is -0.496 e. The molecule has 0 aliphatic carbocycles. The summed E-state index contributed by atoms with van der Waals surface area (Å²) in [6.45, 7) is 2.07. The molecule has 1 aromatic heterocycles. The first-order valence-corrected chi connectivity index (χ1v) is 6.11. The number of rotatable bonds is 3. The van der Waals surface area contributed by atoms with Crippen LogP contribution in [0.15, 0.2) is 23.6 Å². The van der Waals surface area contributed by atoms with E-state index in [1.807, 2.05) is 6.07 Å². The molecule has 0 unspecified atom stereocenters. The van der Waals surface area contributed by atoms with Gasteiger partial charge in [0.2, 0.25) is 0 Å². The maximum absolute atomic E-state index is 5.92. The first-order chi connectivity index (χ1) is 8.17. The maximum atomic E-state index is 5.92. The van der Waals surface area contributed by atoms with Gasteiger partial charge in [0.25, 0.3) is 0 Å². The van der Waals surface area contributed by atoms with Crippen molar-refractivity contribution in [1.82, 2.24) is 0 Å². The molecule has 0 fully saturated rings. The lowest BCUT2D eigenvalue weighted by Crippen LogP contribution is -1.97. The molecule has 0 radical (unpaired) electrons. The summed E-state index contributed by atoms with van der Waals surface area (Å²) >= 11 is 1.69. The molecule has 3 nitrogen and oxygen atoms in total. The zero-order valence-electron chi connectivity index (χ0n) is 10.1. The first-order valence-electron chi connectivity index (χ1n) is 5.23. The van der Waals surface area contributed by atoms with Crippen LogP contribution in [0.2, 0.25) is 0 Å². The Balaban J connectivity index is 2.68. The molecule has 1 aromatic carbocycles. The largest absolute Gasteiger partial charge is 0.496 e. The molecule has 0 amide bonds. The standard InChI is InChI=1S/C13H15NO2S/c1-8-6-9(7-17-8)12-11(15-2)5-4-10(14)13(12)16-3/h4-7H,14H2,1-3H3. The molecule has 0 aliphatic rings. The highest BCUT2D eigenvalue weighted by Crippen LogP contribution is 2.43. The van der Waals surface area contributed by atoms with E-state index in [2.05, 4.69) is 18.4 Å². The van der Waals surface area contributed by atoms with E-state index in [1.165, 1.54) is 4.88 Å². The molecule has 4 heteroatoms. The summed E-state index contributed by atoms with van der Waals surface area (Å²) in [7, 11) is 3.27. The lowest BCUT2D eigenvalue weighted by atomic mass is 10.0. The highest BCUT2D eigenvalue weighted by molar-refractivity contribution is 7.10. The van der Waals surface area contributed by atoms with Crippen LogP contribution in [0, 0.1) is 6.92 Å². The van der Waals surface area contributed by atoms with Crippen molar-refractivity contribution in [2.24, 2.45) is 0 Å². The van der Waals surface area contributed by atoms with Crippen LogP contribution in [-0.4, -0.2) is 14.2 Å². The third-order valence-corrected chi connectivity index (χ3v) is 3.45. The van der Waals surface area contributed by atoms with Crippen molar-refractivity contribution in [3.05, 3.63) is 28.5 Å². The van der Waals surface area contributed by atoms with Gasteiger partial charge in [0.05, 0.1) is 25.5 Å². The summed E-state index contributed by atoms with van der Waals surface area (Å²) < 4.78 is 10.8. The molecule has 1 heterocycles. The highest BCUT2D eigenvalue weighted by Gasteiger charge is 2.16. The molecule has 90 valence electrons. The molecule has 2 aromatic rings. The van der Waals surface area contributed by atoms with Crippen LogP contribution in [0.5, 0.6) is 11.5 Å². The first kappa shape index (κ1) is 11.8. The van der Waals surface area contributed by atoms with E-state index in [0.717, 1.165) is 16.9 Å². The third-order valence-electron chi connectivity index (χ3n) is 2.59. The Bertz CT molecular complexity index is 534. The average Bonchev–Trinajstić information content (AvgIpc) is 2.75. The van der Waals surface area contributed by atoms with E-state index in [1.54, 1.807) is 31.6 Å². The number of benzene rings is 1. The quantitative estimate of drug-likeness (QED) is 0.849. The minimum atomic E-state index is 0.618. The van der Waals surface area contributed by atoms with Crippen molar-refractivity contribution in [3.8, 4) is 22.6 Å². The number of hydrogen-bond acceptors (Lipinski definition) is 4. The van der Waals surface area contributed by atoms with Crippen LogP contribution in [0.4, 0.5) is 5.69 Å². The lowest BCUT2D eigenvalue weighted by Gasteiger charge is -2.14. The number of thiophene rings is 1. The summed E-state index contributed by atoms with van der Waals surface area (Å²) in [6, 6.07) is 5.76. The Morgan fingerprint density at radius 1 is 1.18 bits per heavy atom. The lowest BCUT2D eigenvalue weighted by molar-refractivity contribution is 0.399. The van der Waals surface area contributed by atoms with Crippen molar-refractivity contribution in [2.45, 2.75) is 6.92 Å². The molecule has 2 rings (SSSR count). The molecule has 0 aliphatic heterocycles. The smallest absolute Gasteiger partial charge is 0.153 e.